The van der Waals surface area contributed by atoms with Crippen LogP contribution in [0, 0.1) is 12.7 Å². The summed E-state index contributed by atoms with van der Waals surface area (Å²) in [5, 5.41) is 4.60. The Hall–Kier alpha value is -3.14. The zero-order chi connectivity index (χ0) is 17.0. The van der Waals surface area contributed by atoms with Crippen LogP contribution < -0.4 is 5.32 Å². The van der Waals surface area contributed by atoms with Crippen molar-refractivity contribution in [2.45, 2.75) is 13.0 Å². The predicted octanol–water partition coefficient (Wildman–Crippen LogP) is 5.19. The summed E-state index contributed by atoms with van der Waals surface area (Å²) in [6.45, 7) is 1.98. The molecule has 0 radical (unpaired) electrons. The SMILES string of the molecule is Cc1ccc(F)c(C2Nc3ccccc3-c3ccnc4[nH]cc2c34)c1. The predicted molar refractivity (Wildman–Crippen MR) is 98.1 cm³/mol. The Morgan fingerprint density at radius 3 is 2.80 bits per heavy atom. The first kappa shape index (κ1) is 14.2. The highest BCUT2D eigenvalue weighted by Gasteiger charge is 2.27. The van der Waals surface area contributed by atoms with E-state index in [9.17, 15) is 4.39 Å². The van der Waals surface area contributed by atoms with Gasteiger partial charge in [0.05, 0.1) is 6.04 Å². The lowest BCUT2D eigenvalue weighted by molar-refractivity contribution is 0.604. The van der Waals surface area contributed by atoms with Gasteiger partial charge in [-0.2, -0.15) is 0 Å². The average molecular weight is 329 g/mol. The van der Waals surface area contributed by atoms with Crippen LogP contribution in [0.5, 0.6) is 0 Å². The number of aromatic amines is 1. The summed E-state index contributed by atoms with van der Waals surface area (Å²) in [5.74, 6) is -0.206. The van der Waals surface area contributed by atoms with Crippen molar-refractivity contribution in [1.82, 2.24) is 9.97 Å². The summed E-state index contributed by atoms with van der Waals surface area (Å²) in [5.41, 5.74) is 6.73. The maximum atomic E-state index is 14.7. The molecule has 1 aliphatic rings. The second-order valence-electron chi connectivity index (χ2n) is 6.47. The highest BCUT2D eigenvalue weighted by molar-refractivity contribution is 6.01. The van der Waals surface area contributed by atoms with E-state index in [1.165, 1.54) is 6.07 Å². The quantitative estimate of drug-likeness (QED) is 0.504. The molecule has 0 aliphatic carbocycles. The van der Waals surface area contributed by atoms with E-state index in [4.69, 9.17) is 0 Å². The topological polar surface area (TPSA) is 40.7 Å². The van der Waals surface area contributed by atoms with Gasteiger partial charge in [-0.1, -0.05) is 35.9 Å². The van der Waals surface area contributed by atoms with Crippen LogP contribution in [0.1, 0.15) is 22.7 Å². The van der Waals surface area contributed by atoms with E-state index in [-0.39, 0.29) is 11.9 Å². The molecule has 0 saturated heterocycles. The fourth-order valence-electron chi connectivity index (χ4n) is 3.74. The number of nitrogens with zero attached hydrogens (tertiary/aromatic N) is 1. The lowest BCUT2D eigenvalue weighted by Gasteiger charge is -2.20. The van der Waals surface area contributed by atoms with Gasteiger partial charge in [-0.15, -0.1) is 0 Å². The Balaban J connectivity index is 1.86. The largest absolute Gasteiger partial charge is 0.373 e. The van der Waals surface area contributed by atoms with Crippen molar-refractivity contribution < 1.29 is 4.39 Å². The van der Waals surface area contributed by atoms with E-state index in [2.05, 4.69) is 21.4 Å². The average Bonchev–Trinajstić information content (AvgIpc) is 3.00. The van der Waals surface area contributed by atoms with Crippen molar-refractivity contribution in [2.24, 2.45) is 0 Å². The monoisotopic (exact) mass is 329 g/mol. The number of hydrogen-bond acceptors (Lipinski definition) is 2. The molecule has 1 aliphatic heterocycles. The molecule has 2 N–H and O–H groups in total. The first-order valence-electron chi connectivity index (χ1n) is 8.30. The number of nitrogens with one attached hydrogen (secondary N) is 2. The number of anilines is 1. The Morgan fingerprint density at radius 2 is 1.88 bits per heavy atom. The van der Waals surface area contributed by atoms with Crippen LogP contribution in [-0.4, -0.2) is 9.97 Å². The number of halogens is 1. The molecule has 0 amide bonds. The van der Waals surface area contributed by atoms with Crippen molar-refractivity contribution in [3.63, 3.8) is 0 Å². The summed E-state index contributed by atoms with van der Waals surface area (Å²) >= 11 is 0. The minimum atomic E-state index is -0.278. The van der Waals surface area contributed by atoms with Crippen molar-refractivity contribution in [3.05, 3.63) is 83.4 Å². The first-order valence-corrected chi connectivity index (χ1v) is 8.30. The smallest absolute Gasteiger partial charge is 0.138 e. The Morgan fingerprint density at radius 1 is 1.00 bits per heavy atom. The summed E-state index contributed by atoms with van der Waals surface area (Å²) < 4.78 is 14.7. The highest BCUT2D eigenvalue weighted by atomic mass is 19.1. The summed E-state index contributed by atoms with van der Waals surface area (Å²) in [6.07, 6.45) is 3.74. The van der Waals surface area contributed by atoms with Gasteiger partial charge in [0.2, 0.25) is 0 Å². The van der Waals surface area contributed by atoms with Crippen LogP contribution in [0.15, 0.2) is 60.9 Å². The molecule has 4 heteroatoms. The molecular weight excluding hydrogens is 313 g/mol. The van der Waals surface area contributed by atoms with Crippen molar-refractivity contribution in [1.29, 1.82) is 0 Å². The zero-order valence-corrected chi connectivity index (χ0v) is 13.7. The maximum absolute atomic E-state index is 14.7. The van der Waals surface area contributed by atoms with Gasteiger partial charge in [-0.3, -0.25) is 0 Å². The van der Waals surface area contributed by atoms with Crippen molar-refractivity contribution in [3.8, 4) is 11.1 Å². The third kappa shape index (κ3) is 2.07. The van der Waals surface area contributed by atoms with E-state index in [0.717, 1.165) is 39.0 Å². The van der Waals surface area contributed by atoms with Crippen LogP contribution in [0.3, 0.4) is 0 Å². The lowest BCUT2D eigenvalue weighted by Crippen LogP contribution is -2.13. The number of para-hydroxylation sites is 1. The molecule has 0 spiro atoms. The van der Waals surface area contributed by atoms with Crippen LogP contribution in [-0.2, 0) is 0 Å². The van der Waals surface area contributed by atoms with E-state index in [1.807, 2.05) is 49.6 Å². The van der Waals surface area contributed by atoms with Gasteiger partial charge < -0.3 is 10.3 Å². The molecule has 4 aromatic rings. The standard InChI is InChI=1S/C21H16FN3/c1-12-6-7-17(22)15(10-12)20-16-11-24-21-19(16)14(8-9-23-21)13-4-2-3-5-18(13)25-20/h2-11,20,25H,1H3,(H,23,24). The number of aryl methyl sites for hydroxylation is 1. The number of benzene rings is 2. The molecule has 5 rings (SSSR count). The van der Waals surface area contributed by atoms with E-state index < -0.39 is 0 Å². The molecule has 2 aromatic heterocycles. The number of fused-ring (bicyclic) bond motifs is 2. The molecule has 3 heterocycles. The van der Waals surface area contributed by atoms with Crippen molar-refractivity contribution >= 4 is 16.7 Å². The normalized spacial score (nSPS) is 15.5. The minimum absolute atomic E-state index is 0.206. The number of hydrogen-bond donors (Lipinski definition) is 2. The summed E-state index contributed by atoms with van der Waals surface area (Å²) in [7, 11) is 0. The molecule has 0 bridgehead atoms. The van der Waals surface area contributed by atoms with Crippen LogP contribution >= 0.6 is 0 Å². The Kier molecular flexibility index (Phi) is 2.95. The fourth-order valence-corrected chi connectivity index (χ4v) is 3.74. The molecule has 25 heavy (non-hydrogen) atoms. The molecule has 2 aromatic carbocycles. The Bertz CT molecular complexity index is 1110. The Labute approximate surface area is 144 Å². The van der Waals surface area contributed by atoms with E-state index in [0.29, 0.717) is 5.56 Å². The van der Waals surface area contributed by atoms with Crippen LogP contribution in [0.25, 0.3) is 22.2 Å². The number of H-pyrrole nitrogens is 1. The van der Waals surface area contributed by atoms with Crippen LogP contribution in [0.4, 0.5) is 10.1 Å². The molecule has 1 unspecified atom stereocenters. The molecule has 1 atom stereocenters. The fraction of sp³-hybridized carbons (Fsp3) is 0.0952. The molecule has 3 nitrogen and oxygen atoms in total. The van der Waals surface area contributed by atoms with Crippen molar-refractivity contribution in [2.75, 3.05) is 5.32 Å². The molecule has 0 saturated carbocycles. The van der Waals surface area contributed by atoms with E-state index >= 15 is 0 Å². The zero-order valence-electron chi connectivity index (χ0n) is 13.7. The molecular formula is C21H16FN3. The minimum Gasteiger partial charge on any atom is -0.373 e. The number of rotatable bonds is 1. The van der Waals surface area contributed by atoms with Gasteiger partial charge >= 0.3 is 0 Å². The first-order chi connectivity index (χ1) is 12.2. The third-order valence-electron chi connectivity index (χ3n) is 4.89. The van der Waals surface area contributed by atoms with Gasteiger partial charge in [0.1, 0.15) is 11.5 Å². The highest BCUT2D eigenvalue weighted by Crippen LogP contribution is 2.43. The summed E-state index contributed by atoms with van der Waals surface area (Å²) in [4.78, 5) is 7.69. The van der Waals surface area contributed by atoms with Gasteiger partial charge in [-0.05, 0) is 30.7 Å². The van der Waals surface area contributed by atoms with E-state index in [1.54, 1.807) is 6.07 Å². The maximum Gasteiger partial charge on any atom is 0.138 e. The third-order valence-corrected chi connectivity index (χ3v) is 4.89. The number of pyridine rings is 1. The second kappa shape index (κ2) is 5.18. The summed E-state index contributed by atoms with van der Waals surface area (Å²) in [6, 6.07) is 15.1. The van der Waals surface area contributed by atoms with Gasteiger partial charge in [0.15, 0.2) is 0 Å². The van der Waals surface area contributed by atoms with Gasteiger partial charge in [-0.25, -0.2) is 9.37 Å². The molecule has 122 valence electrons. The second-order valence-corrected chi connectivity index (χ2v) is 6.47. The lowest BCUT2D eigenvalue weighted by atomic mass is 9.95. The van der Waals surface area contributed by atoms with Gasteiger partial charge in [0, 0.05) is 40.2 Å². The number of aromatic nitrogens is 2. The van der Waals surface area contributed by atoms with Gasteiger partial charge in [0.25, 0.3) is 0 Å². The van der Waals surface area contributed by atoms with Crippen LogP contribution in [0.2, 0.25) is 0 Å². The molecule has 0 fully saturated rings.